The van der Waals surface area contributed by atoms with Gasteiger partial charge in [0.2, 0.25) is 23.6 Å². The molecule has 4 aromatic rings. The number of aromatic nitrogens is 6. The summed E-state index contributed by atoms with van der Waals surface area (Å²) in [5.41, 5.74) is 0.624. The minimum absolute atomic E-state index is 0.0400. The van der Waals surface area contributed by atoms with Crippen LogP contribution in [-0.4, -0.2) is 95.3 Å². The van der Waals surface area contributed by atoms with Gasteiger partial charge in [0.15, 0.2) is 0 Å². The lowest BCUT2D eigenvalue weighted by atomic mass is 10.0. The number of rotatable bonds is 7. The average molecular weight is 769 g/mol. The van der Waals surface area contributed by atoms with Crippen molar-refractivity contribution in [2.75, 3.05) is 11.9 Å². The number of alkyl carbamates (subject to hydrolysis) is 1. The molecular weight excluding hydrogens is 725 g/mol. The number of aryl methyl sites for hydroxylation is 1. The number of para-hydroxylation sites is 2. The van der Waals surface area contributed by atoms with E-state index in [1.807, 2.05) is 53.9 Å². The fourth-order valence-corrected chi connectivity index (χ4v) is 8.55. The topological polar surface area (TPSA) is 195 Å². The van der Waals surface area contributed by atoms with Crippen molar-refractivity contribution in [2.45, 2.75) is 100 Å². The molecule has 0 unspecified atom stereocenters. The predicted octanol–water partition coefficient (Wildman–Crippen LogP) is 4.30. The quantitative estimate of drug-likeness (QED) is 0.227. The first-order valence-electron chi connectivity index (χ1n) is 19.0. The van der Waals surface area contributed by atoms with Crippen LogP contribution >= 0.6 is 11.3 Å². The molecule has 2 aliphatic carbocycles. The molecule has 1 saturated heterocycles. The van der Waals surface area contributed by atoms with Gasteiger partial charge in [-0.3, -0.25) is 19.7 Å². The van der Waals surface area contributed by atoms with Crippen molar-refractivity contribution in [1.82, 2.24) is 45.7 Å². The monoisotopic (exact) mass is 768 g/mol. The Kier molecular flexibility index (Phi) is 10.4. The van der Waals surface area contributed by atoms with Gasteiger partial charge in [-0.05, 0) is 85.4 Å². The van der Waals surface area contributed by atoms with E-state index in [0.29, 0.717) is 36.0 Å². The average Bonchev–Trinajstić information content (AvgIpc) is 3.81. The molecule has 0 radical (unpaired) electrons. The van der Waals surface area contributed by atoms with Crippen molar-refractivity contribution in [2.24, 2.45) is 13.0 Å². The molecule has 8 rings (SSSR count). The van der Waals surface area contributed by atoms with Crippen LogP contribution in [0.15, 0.2) is 53.9 Å². The van der Waals surface area contributed by atoms with Crippen LogP contribution in [0.2, 0.25) is 0 Å². The summed E-state index contributed by atoms with van der Waals surface area (Å²) >= 11 is 1.50. The molecule has 0 bridgehead atoms. The number of hydrogen-bond donors (Lipinski definition) is 3. The third-order valence-electron chi connectivity index (χ3n) is 10.9. The van der Waals surface area contributed by atoms with E-state index in [1.54, 1.807) is 7.05 Å². The number of carbonyl (C=O) groups excluding carboxylic acids is 4. The van der Waals surface area contributed by atoms with Gasteiger partial charge in [-0.25, -0.2) is 19.4 Å². The Morgan fingerprint density at radius 3 is 2.55 bits per heavy atom. The number of fused-ring (bicyclic) bond motifs is 3. The summed E-state index contributed by atoms with van der Waals surface area (Å²) < 4.78 is 13.6. The zero-order valence-corrected chi connectivity index (χ0v) is 31.4. The van der Waals surface area contributed by atoms with E-state index >= 15 is 0 Å². The van der Waals surface area contributed by atoms with E-state index in [1.165, 1.54) is 20.9 Å². The van der Waals surface area contributed by atoms with Gasteiger partial charge in [0.1, 0.15) is 35.5 Å². The number of nitrogens with zero attached hydrogens (tertiary/aromatic N) is 7. The molecule has 2 aliphatic heterocycles. The molecule has 0 spiro atoms. The zero-order valence-electron chi connectivity index (χ0n) is 30.6. The molecule has 3 N–H and O–H groups in total. The number of hydrogen-bond acceptors (Lipinski definition) is 12. The molecule has 1 aromatic carbocycles. The second kappa shape index (κ2) is 15.7. The van der Waals surface area contributed by atoms with Gasteiger partial charge in [0.05, 0.1) is 22.5 Å². The van der Waals surface area contributed by atoms with Crippen LogP contribution in [0.5, 0.6) is 5.88 Å². The van der Waals surface area contributed by atoms with E-state index < -0.39 is 47.5 Å². The van der Waals surface area contributed by atoms with Crippen molar-refractivity contribution in [3.8, 4) is 16.5 Å². The van der Waals surface area contributed by atoms with Gasteiger partial charge in [-0.2, -0.15) is 0 Å². The lowest BCUT2D eigenvalue weighted by molar-refractivity contribution is -0.141. The van der Waals surface area contributed by atoms with Crippen LogP contribution in [0.25, 0.3) is 21.6 Å². The first kappa shape index (κ1) is 36.5. The number of ether oxygens (including phenoxy) is 2. The Morgan fingerprint density at radius 1 is 0.982 bits per heavy atom. The van der Waals surface area contributed by atoms with Gasteiger partial charge in [0.25, 0.3) is 5.91 Å². The molecular formula is C38H44N10O6S. The third-order valence-corrected chi connectivity index (χ3v) is 11.8. The highest BCUT2D eigenvalue weighted by atomic mass is 32.1. The highest BCUT2D eigenvalue weighted by Gasteiger charge is 2.61. The molecule has 5 atom stereocenters. The molecule has 4 aliphatic rings. The minimum atomic E-state index is -1.29. The van der Waals surface area contributed by atoms with Crippen molar-refractivity contribution >= 4 is 52.1 Å². The second-order valence-corrected chi connectivity index (χ2v) is 15.7. The SMILES string of the molecule is Cn1nnnc1NC(=O)[C@@]12C[C@@H]1/C=C\CCCCC[C@H](NC(=O)OC1CCCC1)C(=O)N1C[C@H](Oc3nc4ccccc4nc3-c3cccs3)C[C@H]1C(=O)N2. The van der Waals surface area contributed by atoms with Crippen LogP contribution in [0.4, 0.5) is 10.7 Å². The number of amides is 4. The molecule has 5 heterocycles. The number of carbonyl (C=O) groups is 4. The van der Waals surface area contributed by atoms with Crippen molar-refractivity contribution < 1.29 is 28.7 Å². The van der Waals surface area contributed by atoms with Gasteiger partial charge < -0.3 is 25.0 Å². The Labute approximate surface area is 321 Å². The van der Waals surface area contributed by atoms with E-state index in [-0.39, 0.29) is 36.8 Å². The maximum Gasteiger partial charge on any atom is 0.408 e. The molecule has 55 heavy (non-hydrogen) atoms. The highest BCUT2D eigenvalue weighted by Crippen LogP contribution is 2.46. The van der Waals surface area contributed by atoms with Crippen LogP contribution in [0, 0.1) is 5.92 Å². The molecule has 2 saturated carbocycles. The summed E-state index contributed by atoms with van der Waals surface area (Å²) in [5.74, 6) is -1.23. The van der Waals surface area contributed by atoms with Gasteiger partial charge >= 0.3 is 6.09 Å². The summed E-state index contributed by atoms with van der Waals surface area (Å²) in [6.07, 6.45) is 10.1. The Balaban J connectivity index is 1.10. The number of nitrogens with one attached hydrogen (secondary N) is 3. The van der Waals surface area contributed by atoms with Crippen LogP contribution in [0.3, 0.4) is 0 Å². The number of thiophene rings is 1. The van der Waals surface area contributed by atoms with Gasteiger partial charge in [-0.15, -0.1) is 11.3 Å². The van der Waals surface area contributed by atoms with E-state index in [4.69, 9.17) is 19.4 Å². The molecule has 16 nitrogen and oxygen atoms in total. The highest BCUT2D eigenvalue weighted by molar-refractivity contribution is 7.13. The van der Waals surface area contributed by atoms with E-state index in [9.17, 15) is 19.2 Å². The Morgan fingerprint density at radius 2 is 1.78 bits per heavy atom. The second-order valence-electron chi connectivity index (χ2n) is 14.8. The standard InChI is InChI=1S/C38H44N10O6S/c1-47-36(44-45-46-47)42-35(51)38-21-23(38)12-5-3-2-4-6-17-28(41-37(52)54-24-13-7-8-14-24)34(50)48-22-25(20-29(48)32(49)43-38)53-33-31(30-18-11-19-55-30)39-26-15-9-10-16-27(26)40-33/h5,9-12,15-16,18-19,23-25,28-29H,2-4,6-8,13-14,17,20-22H2,1H3,(H,41,52)(H,43,49)(H,42,44,46,51)/b12-5-/t23-,25+,28-,29-,38+/m0/s1. The molecule has 3 aromatic heterocycles. The largest absolute Gasteiger partial charge is 0.471 e. The lowest BCUT2D eigenvalue weighted by Gasteiger charge is -2.30. The zero-order chi connectivity index (χ0) is 37.9. The fourth-order valence-electron chi connectivity index (χ4n) is 7.85. The van der Waals surface area contributed by atoms with Gasteiger partial charge in [-0.1, -0.05) is 48.3 Å². The Bertz CT molecular complexity index is 2080. The first-order chi connectivity index (χ1) is 26.8. The number of anilines is 1. The summed E-state index contributed by atoms with van der Waals surface area (Å²) in [6.45, 7) is 0.0400. The van der Waals surface area contributed by atoms with E-state index in [2.05, 4.69) is 31.5 Å². The van der Waals surface area contributed by atoms with Crippen LogP contribution in [0.1, 0.15) is 70.6 Å². The van der Waals surface area contributed by atoms with Crippen molar-refractivity contribution in [3.63, 3.8) is 0 Å². The molecule has 288 valence electrons. The predicted molar refractivity (Wildman–Crippen MR) is 202 cm³/mol. The summed E-state index contributed by atoms with van der Waals surface area (Å²) in [6, 6.07) is 9.42. The first-order valence-corrected chi connectivity index (χ1v) is 19.9. The van der Waals surface area contributed by atoms with Crippen LogP contribution < -0.4 is 20.7 Å². The number of allylic oxidation sites excluding steroid dienone is 1. The molecule has 17 heteroatoms. The lowest BCUT2D eigenvalue weighted by Crippen LogP contribution is -2.57. The molecule has 4 amide bonds. The Hall–Kier alpha value is -5.45. The normalized spacial score (nSPS) is 26.6. The number of benzene rings is 1. The summed E-state index contributed by atoms with van der Waals surface area (Å²) in [5, 5.41) is 21.9. The van der Waals surface area contributed by atoms with E-state index in [0.717, 1.165) is 49.8 Å². The van der Waals surface area contributed by atoms with Crippen molar-refractivity contribution in [3.05, 3.63) is 53.9 Å². The van der Waals surface area contributed by atoms with Crippen LogP contribution in [-0.2, 0) is 26.2 Å². The molecule has 3 fully saturated rings. The summed E-state index contributed by atoms with van der Waals surface area (Å²) in [4.78, 5) is 68.3. The minimum Gasteiger partial charge on any atom is -0.471 e. The summed E-state index contributed by atoms with van der Waals surface area (Å²) in [7, 11) is 1.60. The maximum absolute atomic E-state index is 14.6. The van der Waals surface area contributed by atoms with Gasteiger partial charge in [0, 0.05) is 19.4 Å². The maximum atomic E-state index is 14.6. The van der Waals surface area contributed by atoms with Crippen molar-refractivity contribution in [1.29, 1.82) is 0 Å². The smallest absolute Gasteiger partial charge is 0.408 e. The number of tetrazole rings is 1. The third kappa shape index (κ3) is 7.88. The fraction of sp³-hybridized carbons (Fsp3) is 0.500.